The third-order valence-electron chi connectivity index (χ3n) is 6.15. The van der Waals surface area contributed by atoms with Gasteiger partial charge >= 0.3 is 0 Å². The van der Waals surface area contributed by atoms with E-state index in [1.54, 1.807) is 6.20 Å². The highest BCUT2D eigenvalue weighted by atomic mass is 16.3. The summed E-state index contributed by atoms with van der Waals surface area (Å²) in [5.41, 5.74) is 6.38. The summed E-state index contributed by atoms with van der Waals surface area (Å²) in [6.45, 7) is 0. The molecule has 0 fully saturated rings. The lowest BCUT2D eigenvalue weighted by Crippen LogP contribution is -1.99. The summed E-state index contributed by atoms with van der Waals surface area (Å²) in [6, 6.07) is 25.9. The van der Waals surface area contributed by atoms with Gasteiger partial charge in [-0.05, 0) is 48.0 Å². The van der Waals surface area contributed by atoms with Crippen LogP contribution in [0.15, 0.2) is 99.7 Å². The Kier molecular flexibility index (Phi) is 4.66. The monoisotopic (exact) mass is 469 g/mol. The van der Waals surface area contributed by atoms with E-state index >= 15 is 0 Å². The Morgan fingerprint density at radius 1 is 0.833 bits per heavy atom. The molecule has 0 radical (unpaired) electrons. The quantitative estimate of drug-likeness (QED) is 0.307. The number of hydrogen-bond acceptors (Lipinski definition) is 7. The number of anilines is 2. The highest BCUT2D eigenvalue weighted by Crippen LogP contribution is 2.29. The average Bonchev–Trinajstić information content (AvgIpc) is 3.68. The molecule has 3 aromatic carbocycles. The second kappa shape index (κ2) is 8.28. The molecule has 0 saturated carbocycles. The van der Waals surface area contributed by atoms with E-state index in [0.29, 0.717) is 11.7 Å². The van der Waals surface area contributed by atoms with Crippen molar-refractivity contribution in [3.8, 4) is 23.0 Å². The van der Waals surface area contributed by atoms with Gasteiger partial charge in [-0.3, -0.25) is 0 Å². The summed E-state index contributed by atoms with van der Waals surface area (Å²) >= 11 is 0. The van der Waals surface area contributed by atoms with Crippen molar-refractivity contribution in [1.82, 2.24) is 19.9 Å². The van der Waals surface area contributed by atoms with E-state index in [1.165, 1.54) is 0 Å². The van der Waals surface area contributed by atoms with Crippen molar-refractivity contribution in [3.05, 3.63) is 90.6 Å². The number of aromatic nitrogens is 4. The molecule has 1 aliphatic rings. The maximum absolute atomic E-state index is 5.92. The second-order valence-electron chi connectivity index (χ2n) is 8.54. The number of nitrogens with zero attached hydrogens (tertiary/aromatic N) is 5. The number of benzene rings is 3. The zero-order valence-electron chi connectivity index (χ0n) is 19.0. The molecule has 8 heteroatoms. The van der Waals surface area contributed by atoms with Gasteiger partial charge in [-0.25, -0.2) is 15.0 Å². The molecule has 3 aromatic heterocycles. The molecule has 6 aromatic rings. The molecule has 0 spiro atoms. The van der Waals surface area contributed by atoms with E-state index < -0.39 is 0 Å². The van der Waals surface area contributed by atoms with Gasteiger partial charge in [0.1, 0.15) is 17.0 Å². The Labute approximate surface area is 205 Å². The van der Waals surface area contributed by atoms with Crippen LogP contribution in [0.1, 0.15) is 11.5 Å². The smallest absolute Gasteiger partial charge is 0.244 e. The first kappa shape index (κ1) is 20.3. The van der Waals surface area contributed by atoms with Crippen molar-refractivity contribution in [3.63, 3.8) is 0 Å². The largest absolute Gasteiger partial charge is 0.435 e. The van der Waals surface area contributed by atoms with Crippen LogP contribution in [0, 0.1) is 0 Å². The van der Waals surface area contributed by atoms with Crippen molar-refractivity contribution >= 4 is 45.9 Å². The molecule has 0 atom stereocenters. The minimum atomic E-state index is 0.135. The number of hydrogen-bond donors (Lipinski definition) is 2. The van der Waals surface area contributed by atoms with Gasteiger partial charge in [0.05, 0.1) is 5.92 Å². The minimum absolute atomic E-state index is 0.135. The predicted molar refractivity (Wildman–Crippen MR) is 142 cm³/mol. The van der Waals surface area contributed by atoms with Crippen molar-refractivity contribution in [2.24, 2.45) is 10.2 Å². The second-order valence-corrected chi connectivity index (χ2v) is 8.54. The summed E-state index contributed by atoms with van der Waals surface area (Å²) in [6.07, 6.45) is 5.42. The molecule has 172 valence electrons. The summed E-state index contributed by atoms with van der Waals surface area (Å²) in [4.78, 5) is 17.2. The molecule has 8 nitrogen and oxygen atoms in total. The lowest BCUT2D eigenvalue weighted by molar-refractivity contribution is 0.617. The third kappa shape index (κ3) is 3.70. The highest BCUT2D eigenvalue weighted by molar-refractivity contribution is 5.93. The van der Waals surface area contributed by atoms with Crippen LogP contribution in [-0.2, 0) is 0 Å². The maximum atomic E-state index is 5.92. The van der Waals surface area contributed by atoms with Gasteiger partial charge in [0, 0.05) is 40.8 Å². The Morgan fingerprint density at radius 2 is 1.69 bits per heavy atom. The Bertz CT molecular complexity index is 1730. The fourth-order valence-corrected chi connectivity index (χ4v) is 4.30. The molecule has 0 aliphatic carbocycles. The van der Waals surface area contributed by atoms with E-state index in [1.807, 2.05) is 79.2 Å². The van der Waals surface area contributed by atoms with E-state index in [2.05, 4.69) is 42.6 Å². The van der Waals surface area contributed by atoms with Crippen molar-refractivity contribution < 1.29 is 4.42 Å². The fraction of sp³-hybridized carbons (Fsp3) is 0.0357. The first-order valence-electron chi connectivity index (χ1n) is 11.5. The molecule has 1 aliphatic heterocycles. The van der Waals surface area contributed by atoms with E-state index in [0.717, 1.165) is 50.3 Å². The molecule has 0 saturated heterocycles. The SMILES string of the molecule is C1=NN=CC1c1ccc(Nc2ccnc(-c3ccc4cc(-c5nc6ccccc6o5)[nH]c4c3)n2)cc1. The Balaban J connectivity index is 1.15. The first-order chi connectivity index (χ1) is 17.8. The number of fused-ring (bicyclic) bond motifs is 2. The van der Waals surface area contributed by atoms with E-state index in [4.69, 9.17) is 9.40 Å². The van der Waals surface area contributed by atoms with Crippen LogP contribution in [0.4, 0.5) is 11.5 Å². The minimum Gasteiger partial charge on any atom is -0.435 e. The molecule has 0 amide bonds. The van der Waals surface area contributed by atoms with Crippen LogP contribution in [0.2, 0.25) is 0 Å². The van der Waals surface area contributed by atoms with Gasteiger partial charge in [0.25, 0.3) is 0 Å². The Morgan fingerprint density at radius 3 is 2.56 bits per heavy atom. The molecule has 4 heterocycles. The van der Waals surface area contributed by atoms with Crippen LogP contribution in [0.3, 0.4) is 0 Å². The van der Waals surface area contributed by atoms with Crippen LogP contribution >= 0.6 is 0 Å². The number of oxazole rings is 1. The molecular formula is C28H19N7O. The maximum Gasteiger partial charge on any atom is 0.244 e. The van der Waals surface area contributed by atoms with Gasteiger partial charge in [-0.1, -0.05) is 36.4 Å². The van der Waals surface area contributed by atoms with E-state index in [9.17, 15) is 0 Å². The van der Waals surface area contributed by atoms with Crippen LogP contribution in [-0.4, -0.2) is 32.4 Å². The number of nitrogens with one attached hydrogen (secondary N) is 2. The lowest BCUT2D eigenvalue weighted by Gasteiger charge is -2.09. The number of aromatic amines is 1. The lowest BCUT2D eigenvalue weighted by atomic mass is 10.0. The number of H-pyrrole nitrogens is 1. The average molecular weight is 470 g/mol. The Hall–Kier alpha value is -5.11. The van der Waals surface area contributed by atoms with Crippen LogP contribution in [0.25, 0.3) is 45.0 Å². The standard InChI is InChI=1S/C28H19N7O/c1-2-4-25-22(3-1)34-28(36-25)24-13-18-5-6-19(14-23(18)33-24)27-29-12-11-26(35-27)32-21-9-7-17(8-10-21)20-15-30-31-16-20/h1-16,20,33H,(H,29,32,35). The fourth-order valence-electron chi connectivity index (χ4n) is 4.30. The summed E-state index contributed by atoms with van der Waals surface area (Å²) < 4.78 is 5.92. The van der Waals surface area contributed by atoms with Crippen molar-refractivity contribution in [1.29, 1.82) is 0 Å². The summed E-state index contributed by atoms with van der Waals surface area (Å²) in [5.74, 6) is 2.05. The van der Waals surface area contributed by atoms with Gasteiger partial charge < -0.3 is 14.7 Å². The van der Waals surface area contributed by atoms with Crippen LogP contribution < -0.4 is 5.32 Å². The normalized spacial score (nSPS) is 13.2. The van der Waals surface area contributed by atoms with Gasteiger partial charge in [0.15, 0.2) is 11.4 Å². The van der Waals surface area contributed by atoms with Crippen molar-refractivity contribution in [2.75, 3.05) is 5.32 Å². The topological polar surface area (TPSA) is 104 Å². The molecule has 0 unspecified atom stereocenters. The van der Waals surface area contributed by atoms with Gasteiger partial charge in [-0.15, -0.1) is 0 Å². The highest BCUT2D eigenvalue weighted by Gasteiger charge is 2.13. The summed E-state index contributed by atoms with van der Waals surface area (Å²) in [5, 5.41) is 12.3. The van der Waals surface area contributed by atoms with E-state index in [-0.39, 0.29) is 5.92 Å². The molecular weight excluding hydrogens is 450 g/mol. The van der Waals surface area contributed by atoms with Crippen LogP contribution in [0.5, 0.6) is 0 Å². The predicted octanol–water partition coefficient (Wildman–Crippen LogP) is 6.33. The number of para-hydroxylation sites is 2. The zero-order valence-corrected chi connectivity index (χ0v) is 19.0. The van der Waals surface area contributed by atoms with Gasteiger partial charge in [-0.2, -0.15) is 10.2 Å². The molecule has 36 heavy (non-hydrogen) atoms. The van der Waals surface area contributed by atoms with Crippen molar-refractivity contribution in [2.45, 2.75) is 5.92 Å². The zero-order chi connectivity index (χ0) is 23.9. The summed E-state index contributed by atoms with van der Waals surface area (Å²) in [7, 11) is 0. The third-order valence-corrected chi connectivity index (χ3v) is 6.15. The first-order valence-corrected chi connectivity index (χ1v) is 11.5. The molecule has 0 bridgehead atoms. The van der Waals surface area contributed by atoms with Gasteiger partial charge in [0.2, 0.25) is 5.89 Å². The number of rotatable bonds is 5. The molecule has 7 rings (SSSR count). The molecule has 2 N–H and O–H groups in total.